The predicted molar refractivity (Wildman–Crippen MR) is 61.8 cm³/mol. The SMILES string of the molecule is CCC(C)(CN)CN1CC2CCC(C1)O2. The van der Waals surface area contributed by atoms with Crippen molar-refractivity contribution < 1.29 is 4.74 Å². The summed E-state index contributed by atoms with van der Waals surface area (Å²) in [6.45, 7) is 8.69. The van der Waals surface area contributed by atoms with Gasteiger partial charge in [-0.1, -0.05) is 13.8 Å². The molecular weight excluding hydrogens is 188 g/mol. The van der Waals surface area contributed by atoms with Crippen molar-refractivity contribution in [3.63, 3.8) is 0 Å². The topological polar surface area (TPSA) is 38.5 Å². The van der Waals surface area contributed by atoms with Crippen LogP contribution in [0, 0.1) is 5.41 Å². The lowest BCUT2D eigenvalue weighted by atomic mass is 9.87. The van der Waals surface area contributed by atoms with Gasteiger partial charge in [0.2, 0.25) is 0 Å². The first kappa shape index (κ1) is 11.4. The summed E-state index contributed by atoms with van der Waals surface area (Å²) < 4.78 is 5.84. The highest BCUT2D eigenvalue weighted by Gasteiger charge is 2.35. The van der Waals surface area contributed by atoms with Gasteiger partial charge in [0, 0.05) is 19.6 Å². The minimum Gasteiger partial charge on any atom is -0.372 e. The molecule has 2 aliphatic heterocycles. The van der Waals surface area contributed by atoms with Gasteiger partial charge in [0.1, 0.15) is 0 Å². The smallest absolute Gasteiger partial charge is 0.0707 e. The van der Waals surface area contributed by atoms with E-state index in [9.17, 15) is 0 Å². The zero-order valence-corrected chi connectivity index (χ0v) is 10.0. The van der Waals surface area contributed by atoms with Crippen molar-refractivity contribution in [1.82, 2.24) is 4.90 Å². The molecule has 0 saturated carbocycles. The van der Waals surface area contributed by atoms with Crippen LogP contribution in [0.5, 0.6) is 0 Å². The van der Waals surface area contributed by atoms with E-state index in [0.29, 0.717) is 12.2 Å². The summed E-state index contributed by atoms with van der Waals surface area (Å²) in [5.41, 5.74) is 6.15. The third kappa shape index (κ3) is 2.52. The van der Waals surface area contributed by atoms with Gasteiger partial charge in [0.25, 0.3) is 0 Å². The van der Waals surface area contributed by atoms with E-state index in [4.69, 9.17) is 10.5 Å². The molecule has 0 aromatic rings. The first-order chi connectivity index (χ1) is 7.15. The lowest BCUT2D eigenvalue weighted by Crippen LogP contribution is -2.48. The van der Waals surface area contributed by atoms with E-state index in [1.165, 1.54) is 12.8 Å². The summed E-state index contributed by atoms with van der Waals surface area (Å²) in [4.78, 5) is 2.56. The molecule has 0 radical (unpaired) electrons. The lowest BCUT2D eigenvalue weighted by Gasteiger charge is -2.38. The number of nitrogens with two attached hydrogens (primary N) is 1. The summed E-state index contributed by atoms with van der Waals surface area (Å²) >= 11 is 0. The second-order valence-electron chi connectivity index (χ2n) is 5.52. The first-order valence-electron chi connectivity index (χ1n) is 6.23. The lowest BCUT2D eigenvalue weighted by molar-refractivity contribution is -0.0488. The molecule has 2 aliphatic rings. The molecule has 2 N–H and O–H groups in total. The van der Waals surface area contributed by atoms with Gasteiger partial charge in [-0.25, -0.2) is 0 Å². The van der Waals surface area contributed by atoms with Gasteiger partial charge in [0.15, 0.2) is 0 Å². The fourth-order valence-corrected chi connectivity index (χ4v) is 2.69. The Morgan fingerprint density at radius 2 is 1.93 bits per heavy atom. The number of likely N-dealkylation sites (tertiary alicyclic amines) is 1. The Morgan fingerprint density at radius 3 is 2.40 bits per heavy atom. The summed E-state index contributed by atoms with van der Waals surface area (Å²) in [6.07, 6.45) is 4.68. The largest absolute Gasteiger partial charge is 0.372 e. The molecule has 0 aromatic carbocycles. The van der Waals surface area contributed by atoms with Gasteiger partial charge in [-0.15, -0.1) is 0 Å². The highest BCUT2D eigenvalue weighted by Crippen LogP contribution is 2.29. The molecule has 15 heavy (non-hydrogen) atoms. The number of rotatable bonds is 4. The average Bonchev–Trinajstić information content (AvgIpc) is 2.58. The minimum absolute atomic E-state index is 0.288. The highest BCUT2D eigenvalue weighted by molar-refractivity contribution is 4.88. The second-order valence-corrected chi connectivity index (χ2v) is 5.52. The van der Waals surface area contributed by atoms with Crippen molar-refractivity contribution in [2.24, 2.45) is 11.1 Å². The van der Waals surface area contributed by atoms with Crippen molar-refractivity contribution in [3.8, 4) is 0 Å². The molecule has 0 amide bonds. The zero-order chi connectivity index (χ0) is 10.9. The molecule has 0 spiro atoms. The number of nitrogens with zero attached hydrogens (tertiary/aromatic N) is 1. The van der Waals surface area contributed by atoms with Gasteiger partial charge in [-0.05, 0) is 31.2 Å². The standard InChI is InChI=1S/C12H24N2O/c1-3-12(2,8-13)9-14-6-10-4-5-11(7-14)15-10/h10-11H,3-9,13H2,1-2H3. The first-order valence-corrected chi connectivity index (χ1v) is 6.23. The normalized spacial score (nSPS) is 35.4. The molecule has 3 atom stereocenters. The fraction of sp³-hybridized carbons (Fsp3) is 1.00. The molecular formula is C12H24N2O. The highest BCUT2D eigenvalue weighted by atomic mass is 16.5. The van der Waals surface area contributed by atoms with E-state index in [0.717, 1.165) is 32.6 Å². The van der Waals surface area contributed by atoms with Crippen molar-refractivity contribution in [3.05, 3.63) is 0 Å². The van der Waals surface area contributed by atoms with E-state index < -0.39 is 0 Å². The quantitative estimate of drug-likeness (QED) is 0.761. The fourth-order valence-electron chi connectivity index (χ4n) is 2.69. The molecule has 2 heterocycles. The third-order valence-corrected chi connectivity index (χ3v) is 4.07. The molecule has 2 saturated heterocycles. The van der Waals surface area contributed by atoms with Crippen LogP contribution in [-0.2, 0) is 4.74 Å². The Morgan fingerprint density at radius 1 is 1.33 bits per heavy atom. The Balaban J connectivity index is 1.89. The second kappa shape index (κ2) is 4.40. The molecule has 2 rings (SSSR count). The molecule has 0 aromatic heterocycles. The molecule has 3 heteroatoms. The Labute approximate surface area is 93.0 Å². The van der Waals surface area contributed by atoms with E-state index in [2.05, 4.69) is 18.7 Å². The Kier molecular flexibility index (Phi) is 3.33. The van der Waals surface area contributed by atoms with Crippen molar-refractivity contribution in [1.29, 1.82) is 0 Å². The van der Waals surface area contributed by atoms with Gasteiger partial charge in [0.05, 0.1) is 12.2 Å². The van der Waals surface area contributed by atoms with Crippen LogP contribution in [0.4, 0.5) is 0 Å². The summed E-state index contributed by atoms with van der Waals surface area (Å²) in [5, 5.41) is 0. The third-order valence-electron chi connectivity index (χ3n) is 4.07. The van der Waals surface area contributed by atoms with Crippen molar-refractivity contribution in [2.45, 2.75) is 45.3 Å². The average molecular weight is 212 g/mol. The Bertz CT molecular complexity index is 204. The van der Waals surface area contributed by atoms with Crippen LogP contribution >= 0.6 is 0 Å². The zero-order valence-electron chi connectivity index (χ0n) is 10.0. The van der Waals surface area contributed by atoms with Crippen molar-refractivity contribution in [2.75, 3.05) is 26.2 Å². The summed E-state index contributed by atoms with van der Waals surface area (Å²) in [6, 6.07) is 0. The number of fused-ring (bicyclic) bond motifs is 2. The molecule has 2 fully saturated rings. The molecule has 0 aliphatic carbocycles. The maximum absolute atomic E-state index is 5.86. The maximum Gasteiger partial charge on any atom is 0.0707 e. The van der Waals surface area contributed by atoms with Crippen LogP contribution in [0.25, 0.3) is 0 Å². The number of hydrogen-bond donors (Lipinski definition) is 1. The van der Waals surface area contributed by atoms with Crippen LogP contribution in [0.1, 0.15) is 33.1 Å². The van der Waals surface area contributed by atoms with E-state index in [1.807, 2.05) is 0 Å². The minimum atomic E-state index is 0.288. The van der Waals surface area contributed by atoms with E-state index in [1.54, 1.807) is 0 Å². The van der Waals surface area contributed by atoms with E-state index >= 15 is 0 Å². The molecule has 2 bridgehead atoms. The van der Waals surface area contributed by atoms with Crippen LogP contribution in [0.2, 0.25) is 0 Å². The van der Waals surface area contributed by atoms with Gasteiger partial charge in [-0.2, -0.15) is 0 Å². The predicted octanol–water partition coefficient (Wildman–Crippen LogP) is 1.22. The van der Waals surface area contributed by atoms with Crippen LogP contribution in [0.3, 0.4) is 0 Å². The van der Waals surface area contributed by atoms with Crippen molar-refractivity contribution >= 4 is 0 Å². The van der Waals surface area contributed by atoms with Gasteiger partial charge < -0.3 is 10.5 Å². The summed E-state index contributed by atoms with van der Waals surface area (Å²) in [7, 11) is 0. The van der Waals surface area contributed by atoms with Crippen LogP contribution in [-0.4, -0.2) is 43.3 Å². The summed E-state index contributed by atoms with van der Waals surface area (Å²) in [5.74, 6) is 0. The van der Waals surface area contributed by atoms with Crippen LogP contribution in [0.15, 0.2) is 0 Å². The number of hydrogen-bond acceptors (Lipinski definition) is 3. The van der Waals surface area contributed by atoms with E-state index in [-0.39, 0.29) is 5.41 Å². The van der Waals surface area contributed by atoms with Gasteiger partial charge >= 0.3 is 0 Å². The number of ether oxygens (including phenoxy) is 1. The number of morpholine rings is 1. The van der Waals surface area contributed by atoms with Crippen LogP contribution < -0.4 is 5.73 Å². The maximum atomic E-state index is 5.86. The molecule has 3 unspecified atom stereocenters. The molecule has 3 nitrogen and oxygen atoms in total. The Hall–Kier alpha value is -0.120. The van der Waals surface area contributed by atoms with Gasteiger partial charge in [-0.3, -0.25) is 4.90 Å². The monoisotopic (exact) mass is 212 g/mol. The molecule has 88 valence electrons.